The fourth-order valence-electron chi connectivity index (χ4n) is 2.46. The standard InChI is InChI=1S/C20H24O4S/c1-5-18(21)23-20(24-19(22)6-2)13(3)14-7-8-16-12-17(25-4)10-9-15(16)11-14/h7-13,20H,5-6H2,1-4H3. The first-order valence-corrected chi connectivity index (χ1v) is 9.67. The van der Waals surface area contributed by atoms with Crippen LogP contribution in [0.3, 0.4) is 0 Å². The molecule has 0 bridgehead atoms. The van der Waals surface area contributed by atoms with E-state index in [9.17, 15) is 9.59 Å². The summed E-state index contributed by atoms with van der Waals surface area (Å²) in [6.45, 7) is 5.32. The van der Waals surface area contributed by atoms with Crippen LogP contribution in [0.2, 0.25) is 0 Å². The number of hydrogen-bond donors (Lipinski definition) is 0. The molecular formula is C20H24O4S. The monoisotopic (exact) mass is 360 g/mol. The third kappa shape index (κ3) is 4.98. The SMILES string of the molecule is CCC(=O)OC(OC(=O)CC)C(C)c1ccc2cc(SC)ccc2c1. The molecule has 2 rings (SSSR count). The van der Waals surface area contributed by atoms with Crippen molar-refractivity contribution in [2.75, 3.05) is 6.26 Å². The second-order valence-corrected chi connectivity index (χ2v) is 6.70. The summed E-state index contributed by atoms with van der Waals surface area (Å²) >= 11 is 1.70. The van der Waals surface area contributed by atoms with Crippen LogP contribution in [0.1, 0.15) is 45.1 Å². The van der Waals surface area contributed by atoms with E-state index in [0.29, 0.717) is 0 Å². The highest BCUT2D eigenvalue weighted by Crippen LogP contribution is 2.28. The Morgan fingerprint density at radius 3 is 2.08 bits per heavy atom. The van der Waals surface area contributed by atoms with Crippen LogP contribution >= 0.6 is 11.8 Å². The zero-order valence-corrected chi connectivity index (χ0v) is 15.9. The van der Waals surface area contributed by atoms with Gasteiger partial charge in [-0.05, 0) is 34.7 Å². The quantitative estimate of drug-likeness (QED) is 0.399. The molecule has 1 atom stereocenters. The maximum absolute atomic E-state index is 11.7. The molecule has 2 aromatic carbocycles. The summed E-state index contributed by atoms with van der Waals surface area (Å²) < 4.78 is 10.7. The number of rotatable bonds is 7. The second kappa shape index (κ2) is 8.90. The smallest absolute Gasteiger partial charge is 0.308 e. The lowest BCUT2D eigenvalue weighted by molar-refractivity contribution is -0.191. The van der Waals surface area contributed by atoms with Crippen LogP contribution in [0.5, 0.6) is 0 Å². The molecule has 0 heterocycles. The maximum Gasteiger partial charge on any atom is 0.308 e. The normalized spacial score (nSPS) is 12.2. The zero-order chi connectivity index (χ0) is 18.4. The summed E-state index contributed by atoms with van der Waals surface area (Å²) in [5, 5.41) is 2.25. The van der Waals surface area contributed by atoms with Crippen LogP contribution < -0.4 is 0 Å². The number of benzene rings is 2. The molecule has 0 aromatic heterocycles. The van der Waals surface area contributed by atoms with Crippen LogP contribution in [0.25, 0.3) is 10.8 Å². The van der Waals surface area contributed by atoms with Gasteiger partial charge in [0.1, 0.15) is 0 Å². The second-order valence-electron chi connectivity index (χ2n) is 5.82. The summed E-state index contributed by atoms with van der Waals surface area (Å²) in [4.78, 5) is 24.6. The predicted octanol–water partition coefficient (Wildman–Crippen LogP) is 4.90. The van der Waals surface area contributed by atoms with Crippen molar-refractivity contribution in [2.45, 2.75) is 50.7 Å². The molecule has 0 radical (unpaired) electrons. The molecule has 0 aliphatic carbocycles. The Morgan fingerprint density at radius 1 is 0.960 bits per heavy atom. The minimum Gasteiger partial charge on any atom is -0.424 e. The van der Waals surface area contributed by atoms with Crippen molar-refractivity contribution in [1.29, 1.82) is 0 Å². The summed E-state index contributed by atoms with van der Waals surface area (Å²) in [6, 6.07) is 12.4. The fraction of sp³-hybridized carbons (Fsp3) is 0.400. The van der Waals surface area contributed by atoms with E-state index < -0.39 is 6.29 Å². The van der Waals surface area contributed by atoms with E-state index in [-0.39, 0.29) is 30.7 Å². The van der Waals surface area contributed by atoms with Crippen molar-refractivity contribution in [1.82, 2.24) is 0 Å². The molecule has 0 saturated carbocycles. The Bertz CT molecular complexity index is 738. The van der Waals surface area contributed by atoms with E-state index in [1.54, 1.807) is 25.6 Å². The first-order chi connectivity index (χ1) is 12.0. The molecule has 25 heavy (non-hydrogen) atoms. The molecule has 0 aliphatic heterocycles. The van der Waals surface area contributed by atoms with Gasteiger partial charge in [-0.25, -0.2) is 0 Å². The van der Waals surface area contributed by atoms with Gasteiger partial charge in [-0.2, -0.15) is 0 Å². The van der Waals surface area contributed by atoms with Gasteiger partial charge in [-0.15, -0.1) is 11.8 Å². The highest BCUT2D eigenvalue weighted by molar-refractivity contribution is 7.98. The van der Waals surface area contributed by atoms with Crippen LogP contribution in [-0.4, -0.2) is 24.5 Å². The van der Waals surface area contributed by atoms with Gasteiger partial charge in [-0.3, -0.25) is 9.59 Å². The van der Waals surface area contributed by atoms with Crippen LogP contribution in [-0.2, 0) is 19.1 Å². The number of ether oxygens (including phenoxy) is 2. The molecule has 0 aliphatic rings. The highest BCUT2D eigenvalue weighted by atomic mass is 32.2. The molecule has 0 spiro atoms. The van der Waals surface area contributed by atoms with Crippen molar-refractivity contribution >= 4 is 34.5 Å². The van der Waals surface area contributed by atoms with Gasteiger partial charge >= 0.3 is 11.9 Å². The molecule has 0 fully saturated rings. The Hall–Kier alpha value is -2.01. The lowest BCUT2D eigenvalue weighted by Crippen LogP contribution is -2.29. The van der Waals surface area contributed by atoms with E-state index in [2.05, 4.69) is 24.3 Å². The van der Waals surface area contributed by atoms with Crippen LogP contribution in [0, 0.1) is 0 Å². The number of hydrogen-bond acceptors (Lipinski definition) is 5. The van der Waals surface area contributed by atoms with E-state index in [1.165, 1.54) is 4.90 Å². The molecule has 4 nitrogen and oxygen atoms in total. The number of esters is 2. The minimum atomic E-state index is -0.914. The average Bonchev–Trinajstić information content (AvgIpc) is 2.65. The highest BCUT2D eigenvalue weighted by Gasteiger charge is 2.26. The van der Waals surface area contributed by atoms with Gasteiger partial charge < -0.3 is 9.47 Å². The lowest BCUT2D eigenvalue weighted by atomic mass is 9.97. The number of carbonyl (C=O) groups is 2. The van der Waals surface area contributed by atoms with Gasteiger partial charge in [0.25, 0.3) is 6.29 Å². The first kappa shape index (κ1) is 19.3. The Balaban J connectivity index is 2.29. The number of fused-ring (bicyclic) bond motifs is 1. The molecule has 2 aromatic rings. The Kier molecular flexibility index (Phi) is 6.88. The molecule has 5 heteroatoms. The molecule has 134 valence electrons. The van der Waals surface area contributed by atoms with Gasteiger partial charge in [0.05, 0.1) is 5.92 Å². The van der Waals surface area contributed by atoms with E-state index in [0.717, 1.165) is 16.3 Å². The van der Waals surface area contributed by atoms with Crippen molar-refractivity contribution in [3.63, 3.8) is 0 Å². The van der Waals surface area contributed by atoms with Crippen LogP contribution in [0.4, 0.5) is 0 Å². The topological polar surface area (TPSA) is 52.6 Å². The molecular weight excluding hydrogens is 336 g/mol. The summed E-state index contributed by atoms with van der Waals surface area (Å²) in [6.07, 6.45) is 1.61. The van der Waals surface area contributed by atoms with Crippen molar-refractivity contribution < 1.29 is 19.1 Å². The molecule has 1 unspecified atom stereocenters. The Morgan fingerprint density at radius 2 is 1.52 bits per heavy atom. The molecule has 0 N–H and O–H groups in total. The molecule has 0 saturated heterocycles. The van der Waals surface area contributed by atoms with Gasteiger partial charge in [0.15, 0.2) is 0 Å². The van der Waals surface area contributed by atoms with Crippen molar-refractivity contribution in [2.24, 2.45) is 0 Å². The van der Waals surface area contributed by atoms with Gasteiger partial charge in [0, 0.05) is 17.7 Å². The number of thioether (sulfide) groups is 1. The van der Waals surface area contributed by atoms with E-state index >= 15 is 0 Å². The third-order valence-corrected chi connectivity index (χ3v) is 4.80. The predicted molar refractivity (Wildman–Crippen MR) is 101 cm³/mol. The van der Waals surface area contributed by atoms with Gasteiger partial charge in [0.2, 0.25) is 0 Å². The lowest BCUT2D eigenvalue weighted by Gasteiger charge is -2.24. The summed E-state index contributed by atoms with van der Waals surface area (Å²) in [7, 11) is 0. The zero-order valence-electron chi connectivity index (χ0n) is 15.1. The fourth-order valence-corrected chi connectivity index (χ4v) is 2.91. The van der Waals surface area contributed by atoms with E-state index in [4.69, 9.17) is 9.47 Å². The maximum atomic E-state index is 11.7. The first-order valence-electron chi connectivity index (χ1n) is 8.45. The number of carbonyl (C=O) groups excluding carboxylic acids is 2. The minimum absolute atomic E-state index is 0.238. The largest absolute Gasteiger partial charge is 0.424 e. The van der Waals surface area contributed by atoms with Crippen LogP contribution in [0.15, 0.2) is 41.3 Å². The third-order valence-electron chi connectivity index (χ3n) is 4.08. The summed E-state index contributed by atoms with van der Waals surface area (Å²) in [5.74, 6) is -1.02. The molecule has 0 amide bonds. The van der Waals surface area contributed by atoms with Gasteiger partial charge in [-0.1, -0.05) is 45.0 Å². The van der Waals surface area contributed by atoms with Crippen molar-refractivity contribution in [3.05, 3.63) is 42.0 Å². The Labute approximate surface area is 152 Å². The van der Waals surface area contributed by atoms with Crippen molar-refractivity contribution in [3.8, 4) is 0 Å². The summed E-state index contributed by atoms with van der Waals surface area (Å²) in [5.41, 5.74) is 0.960. The van der Waals surface area contributed by atoms with E-state index in [1.807, 2.05) is 25.3 Å². The average molecular weight is 360 g/mol.